The first-order chi connectivity index (χ1) is 11.6. The molecule has 6 heteroatoms. The van der Waals surface area contributed by atoms with Gasteiger partial charge in [-0.1, -0.05) is 0 Å². The van der Waals surface area contributed by atoms with Crippen LogP contribution in [-0.2, 0) is 0 Å². The second-order valence-electron chi connectivity index (χ2n) is 6.33. The van der Waals surface area contributed by atoms with E-state index in [0.717, 1.165) is 54.3 Å². The van der Waals surface area contributed by atoms with Crippen LogP contribution in [0.3, 0.4) is 0 Å². The SMILES string of the molecule is COc1ccc(-n2c(C)cc(C(=O)NC3CCCNC3)c2C)cc1.Cl. The van der Waals surface area contributed by atoms with Crippen molar-refractivity contribution in [2.45, 2.75) is 32.7 Å². The first-order valence-electron chi connectivity index (χ1n) is 8.45. The number of methoxy groups -OCH3 is 1. The zero-order valence-corrected chi connectivity index (χ0v) is 15.8. The second-order valence-corrected chi connectivity index (χ2v) is 6.33. The predicted octanol–water partition coefficient (Wildman–Crippen LogP) is 3.01. The number of aryl methyl sites for hydroxylation is 1. The number of hydrogen-bond donors (Lipinski definition) is 2. The van der Waals surface area contributed by atoms with Crippen LogP contribution in [0, 0.1) is 13.8 Å². The molecule has 2 aromatic rings. The van der Waals surface area contributed by atoms with Crippen molar-refractivity contribution in [3.8, 4) is 11.4 Å². The maximum atomic E-state index is 12.7. The van der Waals surface area contributed by atoms with Crippen LogP contribution < -0.4 is 15.4 Å². The molecule has 2 N–H and O–H groups in total. The molecule has 0 saturated carbocycles. The molecule has 1 aromatic carbocycles. The molecular weight excluding hydrogens is 338 g/mol. The van der Waals surface area contributed by atoms with E-state index >= 15 is 0 Å². The molecule has 1 aromatic heterocycles. The number of ether oxygens (including phenoxy) is 1. The molecule has 0 spiro atoms. The van der Waals surface area contributed by atoms with Crippen molar-refractivity contribution in [2.24, 2.45) is 0 Å². The highest BCUT2D eigenvalue weighted by Gasteiger charge is 2.20. The fraction of sp³-hybridized carbons (Fsp3) is 0.421. The lowest BCUT2D eigenvalue weighted by molar-refractivity contribution is 0.0930. The van der Waals surface area contributed by atoms with Crippen LogP contribution in [-0.4, -0.2) is 36.7 Å². The Morgan fingerprint density at radius 2 is 2.00 bits per heavy atom. The van der Waals surface area contributed by atoms with E-state index in [1.807, 2.05) is 44.2 Å². The van der Waals surface area contributed by atoms with Crippen molar-refractivity contribution >= 4 is 18.3 Å². The maximum absolute atomic E-state index is 12.7. The minimum atomic E-state index is 0. The van der Waals surface area contributed by atoms with Crippen molar-refractivity contribution in [1.29, 1.82) is 0 Å². The summed E-state index contributed by atoms with van der Waals surface area (Å²) in [5, 5.41) is 6.48. The molecule has 3 rings (SSSR count). The molecule has 1 amide bonds. The smallest absolute Gasteiger partial charge is 0.253 e. The zero-order chi connectivity index (χ0) is 17.1. The zero-order valence-electron chi connectivity index (χ0n) is 15.0. The normalized spacial score (nSPS) is 16.8. The van der Waals surface area contributed by atoms with E-state index in [0.29, 0.717) is 0 Å². The number of carbonyl (C=O) groups is 1. The van der Waals surface area contributed by atoms with E-state index in [1.165, 1.54) is 0 Å². The monoisotopic (exact) mass is 363 g/mol. The molecule has 1 fully saturated rings. The van der Waals surface area contributed by atoms with Gasteiger partial charge in [0.05, 0.1) is 12.7 Å². The van der Waals surface area contributed by atoms with Gasteiger partial charge >= 0.3 is 0 Å². The average molecular weight is 364 g/mol. The number of aromatic nitrogens is 1. The molecule has 1 atom stereocenters. The maximum Gasteiger partial charge on any atom is 0.253 e. The number of piperidine rings is 1. The Morgan fingerprint density at radius 3 is 2.60 bits per heavy atom. The fourth-order valence-corrected chi connectivity index (χ4v) is 3.36. The lowest BCUT2D eigenvalue weighted by Gasteiger charge is -2.23. The number of nitrogens with one attached hydrogen (secondary N) is 2. The fourth-order valence-electron chi connectivity index (χ4n) is 3.36. The van der Waals surface area contributed by atoms with Gasteiger partial charge in [0.25, 0.3) is 5.91 Å². The molecule has 0 aliphatic carbocycles. The highest BCUT2D eigenvalue weighted by Crippen LogP contribution is 2.23. The number of amides is 1. The summed E-state index contributed by atoms with van der Waals surface area (Å²) < 4.78 is 7.32. The van der Waals surface area contributed by atoms with Crippen LogP contribution in [0.2, 0.25) is 0 Å². The van der Waals surface area contributed by atoms with Crippen LogP contribution in [0.25, 0.3) is 5.69 Å². The largest absolute Gasteiger partial charge is 0.497 e. The highest BCUT2D eigenvalue weighted by molar-refractivity contribution is 5.96. The van der Waals surface area contributed by atoms with Gasteiger partial charge in [-0.2, -0.15) is 0 Å². The van der Waals surface area contributed by atoms with E-state index < -0.39 is 0 Å². The summed E-state index contributed by atoms with van der Waals surface area (Å²) in [6.45, 7) is 5.91. The highest BCUT2D eigenvalue weighted by atomic mass is 35.5. The summed E-state index contributed by atoms with van der Waals surface area (Å²) in [6.07, 6.45) is 2.14. The van der Waals surface area contributed by atoms with Gasteiger partial charge in [0.2, 0.25) is 0 Å². The number of halogens is 1. The number of nitrogens with zero attached hydrogens (tertiary/aromatic N) is 1. The minimum Gasteiger partial charge on any atom is -0.497 e. The van der Waals surface area contributed by atoms with Crippen molar-refractivity contribution in [3.05, 3.63) is 47.3 Å². The summed E-state index contributed by atoms with van der Waals surface area (Å²) in [4.78, 5) is 12.7. The lowest BCUT2D eigenvalue weighted by Crippen LogP contribution is -2.45. The molecular formula is C19H26ClN3O2. The summed E-state index contributed by atoms with van der Waals surface area (Å²) >= 11 is 0. The first kappa shape index (κ1) is 19.3. The van der Waals surface area contributed by atoms with Crippen molar-refractivity contribution in [1.82, 2.24) is 15.2 Å². The number of carbonyl (C=O) groups excluding carboxylic acids is 1. The Hall–Kier alpha value is -1.98. The van der Waals surface area contributed by atoms with Gasteiger partial charge in [-0.25, -0.2) is 0 Å². The Bertz CT molecular complexity index is 719. The Balaban J connectivity index is 0.00000225. The van der Waals surface area contributed by atoms with Gasteiger partial charge in [0, 0.05) is 29.7 Å². The number of benzene rings is 1. The van der Waals surface area contributed by atoms with Gasteiger partial charge in [0.15, 0.2) is 0 Å². The average Bonchev–Trinajstić information content (AvgIpc) is 2.90. The van der Waals surface area contributed by atoms with E-state index in [9.17, 15) is 4.79 Å². The van der Waals surface area contributed by atoms with Crippen LogP contribution >= 0.6 is 12.4 Å². The van der Waals surface area contributed by atoms with Crippen molar-refractivity contribution in [2.75, 3.05) is 20.2 Å². The molecule has 5 nitrogen and oxygen atoms in total. The lowest BCUT2D eigenvalue weighted by atomic mass is 10.1. The van der Waals surface area contributed by atoms with Gasteiger partial charge in [-0.05, 0) is 63.6 Å². The third kappa shape index (κ3) is 4.17. The molecule has 1 aliphatic heterocycles. The molecule has 2 heterocycles. The van der Waals surface area contributed by atoms with Crippen LogP contribution in [0.5, 0.6) is 5.75 Å². The third-order valence-electron chi connectivity index (χ3n) is 4.64. The van der Waals surface area contributed by atoms with E-state index in [1.54, 1.807) is 7.11 Å². The summed E-state index contributed by atoms with van der Waals surface area (Å²) in [5.41, 5.74) is 3.78. The molecule has 1 unspecified atom stereocenters. The summed E-state index contributed by atoms with van der Waals surface area (Å²) in [7, 11) is 1.66. The minimum absolute atomic E-state index is 0. The Labute approximate surface area is 155 Å². The summed E-state index contributed by atoms with van der Waals surface area (Å²) in [5.74, 6) is 0.834. The van der Waals surface area contributed by atoms with Crippen LogP contribution in [0.4, 0.5) is 0 Å². The molecule has 1 saturated heterocycles. The topological polar surface area (TPSA) is 55.3 Å². The van der Waals surface area contributed by atoms with Crippen molar-refractivity contribution < 1.29 is 9.53 Å². The van der Waals surface area contributed by atoms with Gasteiger partial charge < -0.3 is 19.9 Å². The van der Waals surface area contributed by atoms with Crippen molar-refractivity contribution in [3.63, 3.8) is 0 Å². The predicted molar refractivity (Wildman–Crippen MR) is 102 cm³/mol. The quantitative estimate of drug-likeness (QED) is 0.878. The Morgan fingerprint density at radius 1 is 1.28 bits per heavy atom. The summed E-state index contributed by atoms with van der Waals surface area (Å²) in [6, 6.07) is 10.1. The third-order valence-corrected chi connectivity index (χ3v) is 4.64. The molecule has 1 aliphatic rings. The number of hydrogen-bond acceptors (Lipinski definition) is 3. The molecule has 0 bridgehead atoms. The number of rotatable bonds is 4. The van der Waals surface area contributed by atoms with Crippen LogP contribution in [0.1, 0.15) is 34.6 Å². The van der Waals surface area contributed by atoms with Gasteiger partial charge in [0.1, 0.15) is 5.75 Å². The molecule has 25 heavy (non-hydrogen) atoms. The molecule has 136 valence electrons. The molecule has 0 radical (unpaired) electrons. The van der Waals surface area contributed by atoms with E-state index in [-0.39, 0.29) is 24.4 Å². The standard InChI is InChI=1S/C19H25N3O2.ClH/c1-13-11-18(19(23)21-15-5-4-10-20-12-15)14(2)22(13)16-6-8-17(24-3)9-7-16;/h6-9,11,15,20H,4-5,10,12H2,1-3H3,(H,21,23);1H. The Kier molecular flexibility index (Phi) is 6.51. The van der Waals surface area contributed by atoms with E-state index in [2.05, 4.69) is 15.2 Å². The second kappa shape index (κ2) is 8.41. The van der Waals surface area contributed by atoms with Gasteiger partial charge in [-0.15, -0.1) is 12.4 Å². The van der Waals surface area contributed by atoms with Gasteiger partial charge in [-0.3, -0.25) is 4.79 Å². The first-order valence-corrected chi connectivity index (χ1v) is 8.45. The van der Waals surface area contributed by atoms with Crippen LogP contribution in [0.15, 0.2) is 30.3 Å². The van der Waals surface area contributed by atoms with E-state index in [4.69, 9.17) is 4.74 Å².